The van der Waals surface area contributed by atoms with Gasteiger partial charge in [0.25, 0.3) is 5.91 Å². The van der Waals surface area contributed by atoms with Crippen LogP contribution in [0.2, 0.25) is 0 Å². The monoisotopic (exact) mass is 212 g/mol. The lowest BCUT2D eigenvalue weighted by Crippen LogP contribution is -2.28. The van der Waals surface area contributed by atoms with Gasteiger partial charge in [-0.05, 0) is 0 Å². The van der Waals surface area contributed by atoms with Gasteiger partial charge in [-0.15, -0.1) is 0 Å². The second-order valence-electron chi connectivity index (χ2n) is 2.76. The van der Waals surface area contributed by atoms with Crippen molar-refractivity contribution >= 4 is 12.0 Å². The maximum absolute atomic E-state index is 11.3. The molecule has 0 saturated carbocycles. The summed E-state index contributed by atoms with van der Waals surface area (Å²) in [7, 11) is 1.51. The predicted molar refractivity (Wildman–Crippen MR) is 51.6 cm³/mol. The second-order valence-corrected chi connectivity index (χ2v) is 2.76. The third kappa shape index (κ3) is 2.97. The summed E-state index contributed by atoms with van der Waals surface area (Å²) in [6.07, 6.45) is 2.02. The van der Waals surface area contributed by atoms with Crippen molar-refractivity contribution in [3.63, 3.8) is 0 Å². The van der Waals surface area contributed by atoms with E-state index in [0.29, 0.717) is 6.54 Å². The molecule has 0 fully saturated rings. The molecule has 1 rings (SSSR count). The molecule has 0 unspecified atom stereocenters. The summed E-state index contributed by atoms with van der Waals surface area (Å²) < 4.78 is 1.58. The van der Waals surface area contributed by atoms with Gasteiger partial charge in [-0.3, -0.25) is 4.79 Å². The number of hydrogen-bond acceptors (Lipinski definition) is 3. The molecule has 0 saturated heterocycles. The molecule has 3 N–H and O–H groups in total. The number of aromatic nitrogens is 2. The lowest BCUT2D eigenvalue weighted by molar-refractivity contribution is 0.0948. The van der Waals surface area contributed by atoms with Crippen molar-refractivity contribution in [3.05, 3.63) is 18.2 Å². The number of carbonyl (C=O) groups excluding carboxylic acids is 1. The molecule has 0 aliphatic rings. The molecular formula is C8H12N4O3. The maximum atomic E-state index is 11.3. The first-order valence-electron chi connectivity index (χ1n) is 4.35. The molecule has 0 bridgehead atoms. The molecule has 1 aromatic heterocycles. The van der Waals surface area contributed by atoms with E-state index in [2.05, 4.69) is 15.6 Å². The van der Waals surface area contributed by atoms with Gasteiger partial charge in [-0.2, -0.15) is 0 Å². The molecule has 0 spiro atoms. The standard InChI is InChI=1S/C8H12N4O3/c1-9-7(13)6-10-2-4-12(6)5-3-11-8(14)15/h2,4,11H,3,5H2,1H3,(H,9,13)(H,14,15). The molecule has 7 nitrogen and oxygen atoms in total. The topological polar surface area (TPSA) is 96.3 Å². The zero-order chi connectivity index (χ0) is 11.3. The van der Waals surface area contributed by atoms with Crippen LogP contribution in [-0.2, 0) is 6.54 Å². The fourth-order valence-electron chi connectivity index (χ4n) is 1.09. The number of nitrogens with zero attached hydrogens (tertiary/aromatic N) is 2. The van der Waals surface area contributed by atoms with Crippen LogP contribution >= 0.6 is 0 Å². The first-order chi connectivity index (χ1) is 7.15. The molecule has 0 aliphatic carbocycles. The molecule has 1 aromatic rings. The van der Waals surface area contributed by atoms with Crippen molar-refractivity contribution < 1.29 is 14.7 Å². The lowest BCUT2D eigenvalue weighted by Gasteiger charge is -2.06. The minimum absolute atomic E-state index is 0.232. The second kappa shape index (κ2) is 4.99. The molecule has 0 aromatic carbocycles. The van der Waals surface area contributed by atoms with E-state index in [1.54, 1.807) is 10.8 Å². The van der Waals surface area contributed by atoms with Crippen molar-refractivity contribution in [2.45, 2.75) is 6.54 Å². The fourth-order valence-corrected chi connectivity index (χ4v) is 1.09. The Morgan fingerprint density at radius 3 is 2.93 bits per heavy atom. The molecule has 0 atom stereocenters. The van der Waals surface area contributed by atoms with E-state index in [1.807, 2.05) is 0 Å². The van der Waals surface area contributed by atoms with Crippen LogP contribution in [0.5, 0.6) is 0 Å². The van der Waals surface area contributed by atoms with Gasteiger partial charge in [0.05, 0.1) is 0 Å². The van der Waals surface area contributed by atoms with Gasteiger partial charge in [0.15, 0.2) is 5.82 Å². The van der Waals surface area contributed by atoms with Crippen LogP contribution in [0.4, 0.5) is 4.79 Å². The van der Waals surface area contributed by atoms with Gasteiger partial charge in [0, 0.05) is 32.5 Å². The Morgan fingerprint density at radius 1 is 1.60 bits per heavy atom. The lowest BCUT2D eigenvalue weighted by atomic mass is 10.5. The van der Waals surface area contributed by atoms with Crippen LogP contribution in [0.15, 0.2) is 12.4 Å². The molecular weight excluding hydrogens is 200 g/mol. The summed E-state index contributed by atoms with van der Waals surface area (Å²) in [6, 6.07) is 0. The molecule has 0 radical (unpaired) electrons. The minimum atomic E-state index is -1.09. The Morgan fingerprint density at radius 2 is 2.33 bits per heavy atom. The summed E-state index contributed by atoms with van der Waals surface area (Å²) in [5.74, 6) is -0.0278. The highest BCUT2D eigenvalue weighted by Gasteiger charge is 2.10. The number of amides is 2. The third-order valence-corrected chi connectivity index (χ3v) is 1.77. The van der Waals surface area contributed by atoms with Crippen molar-refractivity contribution in [2.75, 3.05) is 13.6 Å². The molecule has 1 heterocycles. The first-order valence-corrected chi connectivity index (χ1v) is 4.35. The minimum Gasteiger partial charge on any atom is -0.465 e. The van der Waals surface area contributed by atoms with Crippen molar-refractivity contribution in [1.82, 2.24) is 20.2 Å². The Kier molecular flexibility index (Phi) is 3.67. The van der Waals surface area contributed by atoms with Crippen LogP contribution < -0.4 is 10.6 Å². The van der Waals surface area contributed by atoms with Gasteiger partial charge in [-0.1, -0.05) is 0 Å². The highest BCUT2D eigenvalue weighted by atomic mass is 16.4. The van der Waals surface area contributed by atoms with E-state index in [9.17, 15) is 9.59 Å². The average molecular weight is 212 g/mol. The van der Waals surface area contributed by atoms with E-state index < -0.39 is 6.09 Å². The molecule has 7 heteroatoms. The van der Waals surface area contributed by atoms with Crippen molar-refractivity contribution in [2.24, 2.45) is 0 Å². The zero-order valence-electron chi connectivity index (χ0n) is 8.23. The average Bonchev–Trinajstić information content (AvgIpc) is 2.64. The van der Waals surface area contributed by atoms with Gasteiger partial charge in [-0.25, -0.2) is 9.78 Å². The number of hydrogen-bond donors (Lipinski definition) is 3. The van der Waals surface area contributed by atoms with Crippen LogP contribution in [-0.4, -0.2) is 40.3 Å². The van der Waals surface area contributed by atoms with Gasteiger partial charge < -0.3 is 20.3 Å². The number of rotatable bonds is 4. The van der Waals surface area contributed by atoms with E-state index in [-0.39, 0.29) is 18.3 Å². The third-order valence-electron chi connectivity index (χ3n) is 1.77. The molecule has 2 amide bonds. The maximum Gasteiger partial charge on any atom is 0.404 e. The van der Waals surface area contributed by atoms with Crippen molar-refractivity contribution in [1.29, 1.82) is 0 Å². The molecule has 0 aliphatic heterocycles. The van der Waals surface area contributed by atoms with E-state index >= 15 is 0 Å². The number of nitrogens with one attached hydrogen (secondary N) is 2. The fraction of sp³-hybridized carbons (Fsp3) is 0.375. The quantitative estimate of drug-likeness (QED) is 0.627. The van der Waals surface area contributed by atoms with Gasteiger partial charge >= 0.3 is 6.09 Å². The van der Waals surface area contributed by atoms with Gasteiger partial charge in [0.2, 0.25) is 0 Å². The van der Waals surface area contributed by atoms with Gasteiger partial charge in [0.1, 0.15) is 0 Å². The van der Waals surface area contributed by atoms with Crippen LogP contribution in [0.3, 0.4) is 0 Å². The molecule has 82 valence electrons. The number of imidazole rings is 1. The van der Waals surface area contributed by atoms with E-state index in [4.69, 9.17) is 5.11 Å². The summed E-state index contributed by atoms with van der Waals surface area (Å²) in [5, 5.41) is 13.0. The SMILES string of the molecule is CNC(=O)c1nccn1CCNC(=O)O. The summed E-state index contributed by atoms with van der Waals surface area (Å²) in [4.78, 5) is 25.3. The van der Waals surface area contributed by atoms with E-state index in [1.165, 1.54) is 13.2 Å². The van der Waals surface area contributed by atoms with Crippen LogP contribution in [0, 0.1) is 0 Å². The summed E-state index contributed by atoms with van der Waals surface area (Å²) >= 11 is 0. The predicted octanol–water partition coefficient (Wildman–Crippen LogP) is -0.490. The van der Waals surface area contributed by atoms with Crippen LogP contribution in [0.1, 0.15) is 10.6 Å². The summed E-state index contributed by atoms with van der Waals surface area (Å²) in [6.45, 7) is 0.602. The highest BCUT2D eigenvalue weighted by Crippen LogP contribution is 1.96. The van der Waals surface area contributed by atoms with Crippen LogP contribution in [0.25, 0.3) is 0 Å². The van der Waals surface area contributed by atoms with E-state index in [0.717, 1.165) is 0 Å². The summed E-state index contributed by atoms with van der Waals surface area (Å²) in [5.41, 5.74) is 0. The Hall–Kier alpha value is -2.05. The first kappa shape index (κ1) is 11.0. The number of carboxylic acid groups (broad SMARTS) is 1. The Labute approximate surface area is 86.1 Å². The zero-order valence-corrected chi connectivity index (χ0v) is 8.23. The number of carbonyl (C=O) groups is 2. The molecule has 15 heavy (non-hydrogen) atoms. The smallest absolute Gasteiger partial charge is 0.404 e. The van der Waals surface area contributed by atoms with Crippen molar-refractivity contribution in [3.8, 4) is 0 Å². The Bertz CT molecular complexity index is 361. The normalized spacial score (nSPS) is 9.67. The highest BCUT2D eigenvalue weighted by molar-refractivity contribution is 5.90. The largest absolute Gasteiger partial charge is 0.465 e. The Balaban J connectivity index is 2.57.